The zero-order valence-corrected chi connectivity index (χ0v) is 16.0. The van der Waals surface area contributed by atoms with Gasteiger partial charge in [-0.1, -0.05) is 18.2 Å². The van der Waals surface area contributed by atoms with E-state index in [1.54, 1.807) is 12.1 Å². The molecule has 0 unspecified atom stereocenters. The Kier molecular flexibility index (Phi) is 6.79. The molecule has 1 N–H and O–H groups in total. The van der Waals surface area contributed by atoms with Crippen molar-refractivity contribution in [3.8, 4) is 11.8 Å². The number of amides is 1. The molecule has 0 atom stereocenters. The molecule has 0 fully saturated rings. The number of benzene rings is 2. The molecule has 0 aliphatic carbocycles. The number of carbonyl (C=O) groups excluding carboxylic acids is 1. The first-order valence-corrected chi connectivity index (χ1v) is 10.1. The lowest BCUT2D eigenvalue weighted by Crippen LogP contribution is -2.41. The van der Waals surface area contributed by atoms with Crippen LogP contribution in [-0.4, -0.2) is 40.3 Å². The SMILES string of the molecule is Cc1cccc(OCCNC(=O)CN(c2cccc(C#N)c2)S(C)(=O)=O)c1. The molecule has 0 spiro atoms. The first-order valence-electron chi connectivity index (χ1n) is 8.23. The van der Waals surface area contributed by atoms with Crippen LogP contribution in [0.3, 0.4) is 0 Å². The standard InChI is InChI=1S/C19H21N3O4S/c1-15-5-3-8-18(11-15)26-10-9-21-19(23)14-22(27(2,24)25)17-7-4-6-16(12-17)13-20/h3-8,11-12H,9-10,14H2,1-2H3,(H,21,23). The molecule has 0 saturated heterocycles. The minimum Gasteiger partial charge on any atom is -0.492 e. The summed E-state index contributed by atoms with van der Waals surface area (Å²) in [5.41, 5.74) is 1.65. The summed E-state index contributed by atoms with van der Waals surface area (Å²) in [6.45, 7) is 2.08. The van der Waals surface area contributed by atoms with E-state index < -0.39 is 15.9 Å². The molecule has 0 radical (unpaired) electrons. The Hall–Kier alpha value is -3.05. The highest BCUT2D eigenvalue weighted by molar-refractivity contribution is 7.92. The van der Waals surface area contributed by atoms with Crippen LogP contribution in [0.5, 0.6) is 5.75 Å². The summed E-state index contributed by atoms with van der Waals surface area (Å²) >= 11 is 0. The minimum absolute atomic E-state index is 0.239. The van der Waals surface area contributed by atoms with E-state index in [1.807, 2.05) is 37.3 Å². The third-order valence-corrected chi connectivity index (χ3v) is 4.77. The minimum atomic E-state index is -3.68. The maximum atomic E-state index is 12.2. The van der Waals surface area contributed by atoms with Crippen LogP contribution in [0.15, 0.2) is 48.5 Å². The Labute approximate surface area is 159 Å². The van der Waals surface area contributed by atoms with Gasteiger partial charge in [0.15, 0.2) is 0 Å². The molecular weight excluding hydrogens is 366 g/mol. The highest BCUT2D eigenvalue weighted by atomic mass is 32.2. The maximum Gasteiger partial charge on any atom is 0.240 e. The molecule has 2 aromatic rings. The van der Waals surface area contributed by atoms with Crippen molar-refractivity contribution in [3.63, 3.8) is 0 Å². The van der Waals surface area contributed by atoms with Gasteiger partial charge < -0.3 is 10.1 Å². The van der Waals surface area contributed by atoms with Crippen molar-refractivity contribution in [2.45, 2.75) is 6.92 Å². The molecule has 1 amide bonds. The average molecular weight is 387 g/mol. The molecule has 27 heavy (non-hydrogen) atoms. The highest BCUT2D eigenvalue weighted by Crippen LogP contribution is 2.18. The second-order valence-corrected chi connectivity index (χ2v) is 7.85. The smallest absolute Gasteiger partial charge is 0.240 e. The van der Waals surface area contributed by atoms with Crippen molar-refractivity contribution in [2.75, 3.05) is 30.3 Å². The fourth-order valence-corrected chi connectivity index (χ4v) is 3.23. The molecule has 0 heterocycles. The number of carbonyl (C=O) groups is 1. The highest BCUT2D eigenvalue weighted by Gasteiger charge is 2.21. The summed E-state index contributed by atoms with van der Waals surface area (Å²) < 4.78 is 30.6. The van der Waals surface area contributed by atoms with Crippen molar-refractivity contribution in [1.29, 1.82) is 5.26 Å². The predicted octanol–water partition coefficient (Wildman–Crippen LogP) is 1.83. The van der Waals surface area contributed by atoms with Crippen LogP contribution in [0.4, 0.5) is 5.69 Å². The van der Waals surface area contributed by atoms with E-state index in [-0.39, 0.29) is 25.4 Å². The van der Waals surface area contributed by atoms with Crippen molar-refractivity contribution >= 4 is 21.6 Å². The van der Waals surface area contributed by atoms with Crippen LogP contribution >= 0.6 is 0 Å². The first kappa shape index (κ1) is 20.3. The fraction of sp³-hybridized carbons (Fsp3) is 0.263. The Balaban J connectivity index is 1.93. The van der Waals surface area contributed by atoms with Gasteiger partial charge >= 0.3 is 0 Å². The fourth-order valence-electron chi connectivity index (χ4n) is 2.38. The van der Waals surface area contributed by atoms with Gasteiger partial charge in [-0.05, 0) is 42.8 Å². The van der Waals surface area contributed by atoms with Crippen molar-refractivity contribution in [1.82, 2.24) is 5.32 Å². The van der Waals surface area contributed by atoms with E-state index in [2.05, 4.69) is 5.32 Å². The number of nitrogens with zero attached hydrogens (tertiary/aromatic N) is 2. The number of hydrogen-bond donors (Lipinski definition) is 1. The van der Waals surface area contributed by atoms with Crippen molar-refractivity contribution < 1.29 is 17.9 Å². The van der Waals surface area contributed by atoms with Crippen LogP contribution in [0.25, 0.3) is 0 Å². The molecule has 0 bridgehead atoms. The largest absolute Gasteiger partial charge is 0.492 e. The number of ether oxygens (including phenoxy) is 1. The van der Waals surface area contributed by atoms with E-state index in [0.29, 0.717) is 11.3 Å². The van der Waals surface area contributed by atoms with Gasteiger partial charge in [-0.2, -0.15) is 5.26 Å². The quantitative estimate of drug-likeness (QED) is 0.697. The maximum absolute atomic E-state index is 12.2. The second kappa shape index (κ2) is 9.05. The number of anilines is 1. The number of rotatable bonds is 8. The molecule has 7 nitrogen and oxygen atoms in total. The lowest BCUT2D eigenvalue weighted by atomic mass is 10.2. The summed E-state index contributed by atoms with van der Waals surface area (Å²) in [6.07, 6.45) is 1.01. The lowest BCUT2D eigenvalue weighted by Gasteiger charge is -2.22. The zero-order valence-electron chi connectivity index (χ0n) is 15.2. The Morgan fingerprint density at radius 1 is 1.22 bits per heavy atom. The van der Waals surface area contributed by atoms with Gasteiger partial charge in [0, 0.05) is 0 Å². The summed E-state index contributed by atoms with van der Waals surface area (Å²) in [7, 11) is -3.68. The number of hydrogen-bond acceptors (Lipinski definition) is 5. The van der Waals surface area contributed by atoms with Crippen LogP contribution in [0.1, 0.15) is 11.1 Å². The third-order valence-electron chi connectivity index (χ3n) is 3.63. The number of sulfonamides is 1. The van der Waals surface area contributed by atoms with Gasteiger partial charge in [-0.15, -0.1) is 0 Å². The van der Waals surface area contributed by atoms with Gasteiger partial charge in [0.25, 0.3) is 0 Å². The first-order chi connectivity index (χ1) is 12.8. The third kappa shape index (κ3) is 6.31. The van der Waals surface area contributed by atoms with Gasteiger partial charge in [0.2, 0.25) is 15.9 Å². The van der Waals surface area contributed by atoms with Gasteiger partial charge in [0.05, 0.1) is 30.1 Å². The molecule has 0 aromatic heterocycles. The van der Waals surface area contributed by atoms with E-state index in [4.69, 9.17) is 10.00 Å². The molecule has 2 rings (SSSR count). The average Bonchev–Trinajstić information content (AvgIpc) is 2.62. The summed E-state index contributed by atoms with van der Waals surface area (Å²) in [5, 5.41) is 11.6. The number of aryl methyl sites for hydroxylation is 1. The number of nitrogens with one attached hydrogen (secondary N) is 1. The van der Waals surface area contributed by atoms with Crippen LogP contribution in [-0.2, 0) is 14.8 Å². The molecule has 0 saturated carbocycles. The molecule has 8 heteroatoms. The second-order valence-electron chi connectivity index (χ2n) is 5.95. The van der Waals surface area contributed by atoms with Crippen LogP contribution < -0.4 is 14.4 Å². The summed E-state index contributed by atoms with van der Waals surface area (Å²) in [4.78, 5) is 12.2. The van der Waals surface area contributed by atoms with Crippen molar-refractivity contribution in [2.24, 2.45) is 0 Å². The van der Waals surface area contributed by atoms with Gasteiger partial charge in [-0.3, -0.25) is 9.10 Å². The lowest BCUT2D eigenvalue weighted by molar-refractivity contribution is -0.119. The normalized spacial score (nSPS) is 10.7. The van der Waals surface area contributed by atoms with Crippen LogP contribution in [0, 0.1) is 18.3 Å². The Morgan fingerprint density at radius 2 is 1.96 bits per heavy atom. The zero-order chi connectivity index (χ0) is 19.9. The summed E-state index contributed by atoms with van der Waals surface area (Å²) in [6, 6.07) is 15.6. The van der Waals surface area contributed by atoms with Crippen LogP contribution in [0.2, 0.25) is 0 Å². The van der Waals surface area contributed by atoms with Crippen molar-refractivity contribution in [3.05, 3.63) is 59.7 Å². The van der Waals surface area contributed by atoms with E-state index in [9.17, 15) is 13.2 Å². The van der Waals surface area contributed by atoms with E-state index in [0.717, 1.165) is 16.1 Å². The predicted molar refractivity (Wildman–Crippen MR) is 103 cm³/mol. The summed E-state index contributed by atoms with van der Waals surface area (Å²) in [5.74, 6) is 0.242. The number of nitriles is 1. The van der Waals surface area contributed by atoms with E-state index >= 15 is 0 Å². The monoisotopic (exact) mass is 387 g/mol. The molecule has 0 aliphatic rings. The molecular formula is C19H21N3O4S. The Morgan fingerprint density at radius 3 is 2.63 bits per heavy atom. The van der Waals surface area contributed by atoms with Gasteiger partial charge in [0.1, 0.15) is 18.9 Å². The Bertz CT molecular complexity index is 951. The van der Waals surface area contributed by atoms with Gasteiger partial charge in [-0.25, -0.2) is 8.42 Å². The topological polar surface area (TPSA) is 99.5 Å². The molecule has 142 valence electrons. The van der Waals surface area contributed by atoms with E-state index in [1.165, 1.54) is 12.1 Å². The molecule has 0 aliphatic heterocycles. The molecule has 2 aromatic carbocycles.